The summed E-state index contributed by atoms with van der Waals surface area (Å²) in [6, 6.07) is 4.97. The highest BCUT2D eigenvalue weighted by Crippen LogP contribution is 2.31. The highest BCUT2D eigenvalue weighted by atomic mass is 32.2. The van der Waals surface area contributed by atoms with Crippen LogP contribution in [-0.4, -0.2) is 41.7 Å². The number of sulfone groups is 1. The van der Waals surface area contributed by atoms with Crippen LogP contribution in [0.1, 0.15) is 24.8 Å². The Bertz CT molecular complexity index is 655. The summed E-state index contributed by atoms with van der Waals surface area (Å²) in [5.41, 5.74) is -0.252. The van der Waals surface area contributed by atoms with Crippen molar-refractivity contribution in [3.05, 3.63) is 39.9 Å². The van der Waals surface area contributed by atoms with Gasteiger partial charge in [0.05, 0.1) is 10.2 Å². The van der Waals surface area contributed by atoms with Gasteiger partial charge in [0.2, 0.25) is 0 Å². The van der Waals surface area contributed by atoms with Gasteiger partial charge in [0.1, 0.15) is 0 Å². The topological polar surface area (TPSA) is 118 Å². The Balaban J connectivity index is 3.48. The van der Waals surface area contributed by atoms with Crippen LogP contribution >= 0.6 is 0 Å². The van der Waals surface area contributed by atoms with Crippen molar-refractivity contribution in [2.75, 3.05) is 7.05 Å². The number of nitro groups is 1. The number of amides is 1. The molecule has 8 nitrogen and oxygen atoms in total. The van der Waals surface area contributed by atoms with Crippen LogP contribution in [0, 0.1) is 10.1 Å². The maximum Gasteiger partial charge on any atom is 0.408 e. The van der Waals surface area contributed by atoms with Crippen molar-refractivity contribution in [3.8, 4) is 0 Å². The van der Waals surface area contributed by atoms with Crippen LogP contribution in [0.15, 0.2) is 24.3 Å². The molecule has 0 bridgehead atoms. The fourth-order valence-corrected chi connectivity index (χ4v) is 3.36. The maximum atomic E-state index is 12.4. The summed E-state index contributed by atoms with van der Waals surface area (Å²) in [6.07, 6.45) is -1.43. The molecule has 9 heteroatoms. The third kappa shape index (κ3) is 3.48. The molecule has 1 N–H and O–H groups in total. The lowest BCUT2D eigenvalue weighted by Gasteiger charge is -2.27. The Hall–Kier alpha value is -2.16. The van der Waals surface area contributed by atoms with Gasteiger partial charge in [-0.3, -0.25) is 15.0 Å². The zero-order valence-electron chi connectivity index (χ0n) is 11.8. The number of nitrogens with zero attached hydrogens (tertiary/aromatic N) is 2. The lowest BCUT2D eigenvalue weighted by molar-refractivity contribution is -0.384. The zero-order valence-corrected chi connectivity index (χ0v) is 12.6. The molecule has 0 spiro atoms. The minimum atomic E-state index is -3.86. The Labute approximate surface area is 122 Å². The van der Waals surface area contributed by atoms with E-state index in [1.54, 1.807) is 0 Å². The molecule has 0 aliphatic carbocycles. The van der Waals surface area contributed by atoms with Crippen LogP contribution in [0.25, 0.3) is 0 Å². The fourth-order valence-electron chi connectivity index (χ4n) is 1.78. The molecule has 0 saturated heterocycles. The number of hydrogen-bond donors (Lipinski definition) is 1. The largest absolute Gasteiger partial charge is 0.465 e. The summed E-state index contributed by atoms with van der Waals surface area (Å²) in [4.78, 5) is 21.9. The van der Waals surface area contributed by atoms with Gasteiger partial charge in [-0.25, -0.2) is 13.2 Å². The summed E-state index contributed by atoms with van der Waals surface area (Å²) >= 11 is 0. The number of rotatable bonds is 5. The molecule has 1 rings (SSSR count). The minimum absolute atomic E-state index is 0.0443. The molecule has 0 fully saturated rings. The number of non-ortho nitro benzene ring substituents is 1. The van der Waals surface area contributed by atoms with Crippen LogP contribution in [-0.2, 0) is 9.84 Å². The molecule has 0 aromatic heterocycles. The van der Waals surface area contributed by atoms with Gasteiger partial charge < -0.3 is 5.11 Å². The molecule has 1 unspecified atom stereocenters. The van der Waals surface area contributed by atoms with Gasteiger partial charge in [0.15, 0.2) is 15.2 Å². The van der Waals surface area contributed by atoms with E-state index in [2.05, 4.69) is 0 Å². The summed E-state index contributed by atoms with van der Waals surface area (Å²) < 4.78 is 24.8. The SMILES string of the molecule is CC(C)S(=O)(=O)C(c1cccc([N+](=O)[O-])c1)N(C)C(=O)O. The summed E-state index contributed by atoms with van der Waals surface area (Å²) in [5.74, 6) is 0. The van der Waals surface area contributed by atoms with E-state index in [0.29, 0.717) is 4.90 Å². The standard InChI is InChI=1S/C12H16N2O6S/c1-8(2)21(19,20)11(13(3)12(15)16)9-5-4-6-10(7-9)14(17)18/h4-8,11H,1-3H3,(H,15,16). The predicted molar refractivity (Wildman–Crippen MR) is 75.7 cm³/mol. The molecule has 1 aromatic rings. The van der Waals surface area contributed by atoms with Crippen LogP contribution in [0.3, 0.4) is 0 Å². The Morgan fingerprint density at radius 2 is 1.95 bits per heavy atom. The van der Waals surface area contributed by atoms with Gasteiger partial charge in [0, 0.05) is 19.2 Å². The van der Waals surface area contributed by atoms with Gasteiger partial charge in [-0.1, -0.05) is 12.1 Å². The van der Waals surface area contributed by atoms with E-state index in [0.717, 1.165) is 13.1 Å². The molecule has 0 aliphatic rings. The second kappa shape index (κ2) is 6.08. The van der Waals surface area contributed by atoms with E-state index in [9.17, 15) is 23.3 Å². The average Bonchev–Trinajstić information content (AvgIpc) is 2.38. The van der Waals surface area contributed by atoms with Gasteiger partial charge in [-0.2, -0.15) is 0 Å². The first-order chi connectivity index (χ1) is 9.59. The van der Waals surface area contributed by atoms with Crippen molar-refractivity contribution in [1.82, 2.24) is 4.90 Å². The molecule has 1 amide bonds. The Kier molecular flexibility index (Phi) is 4.89. The molecule has 1 aromatic carbocycles. The first kappa shape index (κ1) is 16.9. The smallest absolute Gasteiger partial charge is 0.408 e. The van der Waals surface area contributed by atoms with Gasteiger partial charge >= 0.3 is 6.09 Å². The normalized spacial score (nSPS) is 13.0. The van der Waals surface area contributed by atoms with Crippen molar-refractivity contribution in [1.29, 1.82) is 0 Å². The first-order valence-electron chi connectivity index (χ1n) is 6.01. The number of carbonyl (C=O) groups is 1. The number of hydrogen-bond acceptors (Lipinski definition) is 5. The van der Waals surface area contributed by atoms with E-state index in [1.807, 2.05) is 0 Å². The first-order valence-corrected chi connectivity index (χ1v) is 7.62. The lowest BCUT2D eigenvalue weighted by atomic mass is 10.2. The number of carboxylic acid groups (broad SMARTS) is 1. The van der Waals surface area contributed by atoms with Gasteiger partial charge in [-0.15, -0.1) is 0 Å². The second-order valence-corrected chi connectivity index (χ2v) is 7.30. The van der Waals surface area contributed by atoms with E-state index in [4.69, 9.17) is 5.11 Å². The van der Waals surface area contributed by atoms with E-state index in [1.165, 1.54) is 32.0 Å². The molecular weight excluding hydrogens is 300 g/mol. The monoisotopic (exact) mass is 316 g/mol. The van der Waals surface area contributed by atoms with E-state index < -0.39 is 31.5 Å². The molecule has 0 heterocycles. The second-order valence-electron chi connectivity index (χ2n) is 4.74. The van der Waals surface area contributed by atoms with Crippen molar-refractivity contribution >= 4 is 21.6 Å². The third-order valence-corrected chi connectivity index (χ3v) is 5.51. The fraction of sp³-hybridized carbons (Fsp3) is 0.417. The van der Waals surface area contributed by atoms with Crippen LogP contribution in [0.4, 0.5) is 10.5 Å². The maximum absolute atomic E-state index is 12.4. The molecular formula is C12H16N2O6S. The summed E-state index contributed by atoms with van der Waals surface area (Å²) in [5, 5.41) is 17.5. The molecule has 21 heavy (non-hydrogen) atoms. The van der Waals surface area contributed by atoms with Crippen LogP contribution in [0.2, 0.25) is 0 Å². The quantitative estimate of drug-likeness (QED) is 0.656. The van der Waals surface area contributed by atoms with Gasteiger partial charge in [-0.05, 0) is 19.4 Å². The number of nitro benzene ring substituents is 1. The highest BCUT2D eigenvalue weighted by Gasteiger charge is 2.36. The molecule has 0 saturated carbocycles. The highest BCUT2D eigenvalue weighted by molar-refractivity contribution is 7.92. The molecule has 0 aliphatic heterocycles. The van der Waals surface area contributed by atoms with Crippen molar-refractivity contribution in [2.24, 2.45) is 0 Å². The third-order valence-electron chi connectivity index (χ3n) is 2.99. The number of benzene rings is 1. The Morgan fingerprint density at radius 1 is 1.38 bits per heavy atom. The predicted octanol–water partition coefficient (Wildman–Crippen LogP) is 2.03. The lowest BCUT2D eigenvalue weighted by Crippen LogP contribution is -2.38. The minimum Gasteiger partial charge on any atom is -0.465 e. The molecule has 0 radical (unpaired) electrons. The molecule has 116 valence electrons. The van der Waals surface area contributed by atoms with E-state index >= 15 is 0 Å². The van der Waals surface area contributed by atoms with Gasteiger partial charge in [0.25, 0.3) is 5.69 Å². The summed E-state index contributed by atoms with van der Waals surface area (Å²) in [7, 11) is -2.74. The van der Waals surface area contributed by atoms with Crippen molar-refractivity contribution in [3.63, 3.8) is 0 Å². The Morgan fingerprint density at radius 3 is 2.38 bits per heavy atom. The zero-order chi connectivity index (χ0) is 16.4. The van der Waals surface area contributed by atoms with Crippen LogP contribution in [0.5, 0.6) is 0 Å². The average molecular weight is 316 g/mol. The van der Waals surface area contributed by atoms with Crippen LogP contribution < -0.4 is 0 Å². The van der Waals surface area contributed by atoms with Crippen molar-refractivity contribution < 1.29 is 23.2 Å². The molecule has 1 atom stereocenters. The van der Waals surface area contributed by atoms with E-state index in [-0.39, 0.29) is 11.3 Å². The summed E-state index contributed by atoms with van der Waals surface area (Å²) in [6.45, 7) is 2.85. The van der Waals surface area contributed by atoms with Crippen molar-refractivity contribution in [2.45, 2.75) is 24.5 Å².